The molecule has 3 fully saturated rings. The van der Waals surface area contributed by atoms with Gasteiger partial charge in [-0.25, -0.2) is 0 Å². The van der Waals surface area contributed by atoms with E-state index in [0.29, 0.717) is 38.7 Å². The second-order valence-corrected chi connectivity index (χ2v) is 9.55. The van der Waals surface area contributed by atoms with E-state index < -0.39 is 5.54 Å². The monoisotopic (exact) mass is 428 g/mol. The third-order valence-corrected chi connectivity index (χ3v) is 7.51. The van der Waals surface area contributed by atoms with Crippen LogP contribution in [0.1, 0.15) is 50.5 Å². The minimum Gasteiger partial charge on any atom is -0.492 e. The van der Waals surface area contributed by atoms with Gasteiger partial charge < -0.3 is 24.4 Å². The topological polar surface area (TPSA) is 77.1 Å². The zero-order valence-electron chi connectivity index (χ0n) is 18.2. The van der Waals surface area contributed by atoms with Crippen LogP contribution in [-0.4, -0.2) is 67.4 Å². The van der Waals surface area contributed by atoms with Crippen LogP contribution >= 0.6 is 0 Å². The first-order valence-corrected chi connectivity index (χ1v) is 11.6. The molecule has 0 unspecified atom stereocenters. The fourth-order valence-electron chi connectivity index (χ4n) is 5.73. The molecule has 0 radical (unpaired) electrons. The standard InChI is InChI=1S/C24H32N2O5/c1-16-12-31-20-5-3-2-4-19(20)17-6-8-18(9-7-17)30-13-21-24(10-11-26(21)23(16)28)15-29-14-22(27)25-24/h2-5,16-18,21H,6-15H2,1H3,(H,25,27)/t16-,17-,18+,21+,24-/m0/s1. The second kappa shape index (κ2) is 8.43. The number of carbonyl (C=O) groups excluding carboxylic acids is 2. The van der Waals surface area contributed by atoms with E-state index in [2.05, 4.69) is 17.4 Å². The Labute approximate surface area is 183 Å². The number of morpholine rings is 1. The molecule has 2 bridgehead atoms. The van der Waals surface area contributed by atoms with E-state index >= 15 is 0 Å². The zero-order valence-corrected chi connectivity index (χ0v) is 18.2. The quantitative estimate of drug-likeness (QED) is 0.686. The smallest absolute Gasteiger partial charge is 0.246 e. The summed E-state index contributed by atoms with van der Waals surface area (Å²) in [5.74, 6) is 1.00. The first-order chi connectivity index (χ1) is 15.1. The summed E-state index contributed by atoms with van der Waals surface area (Å²) in [7, 11) is 0. The van der Waals surface area contributed by atoms with Crippen LogP contribution in [0.2, 0.25) is 0 Å². The molecule has 2 saturated heterocycles. The Hall–Kier alpha value is -2.12. The van der Waals surface area contributed by atoms with Gasteiger partial charge in [-0.1, -0.05) is 25.1 Å². The van der Waals surface area contributed by atoms with Gasteiger partial charge in [-0.3, -0.25) is 9.59 Å². The Morgan fingerprint density at radius 2 is 1.90 bits per heavy atom. The van der Waals surface area contributed by atoms with Gasteiger partial charge in [-0.15, -0.1) is 0 Å². The molecule has 4 heterocycles. The van der Waals surface area contributed by atoms with Crippen molar-refractivity contribution in [2.45, 2.75) is 62.6 Å². The molecule has 1 aliphatic carbocycles. The minimum absolute atomic E-state index is 0.0463. The number of carbonyl (C=O) groups is 2. The van der Waals surface area contributed by atoms with Gasteiger partial charge in [0, 0.05) is 6.54 Å². The van der Waals surface area contributed by atoms with Crippen molar-refractivity contribution in [1.29, 1.82) is 0 Å². The molecule has 6 rings (SSSR count). The van der Waals surface area contributed by atoms with E-state index in [0.717, 1.165) is 31.4 Å². The molecule has 2 amide bonds. The highest BCUT2D eigenvalue weighted by atomic mass is 16.5. The Kier molecular flexibility index (Phi) is 5.65. The Morgan fingerprint density at radius 1 is 1.10 bits per heavy atom. The van der Waals surface area contributed by atoms with E-state index in [-0.39, 0.29) is 36.5 Å². The first kappa shape index (κ1) is 20.8. The molecule has 1 aromatic carbocycles. The molecular formula is C24H32N2O5. The average Bonchev–Trinajstić information content (AvgIpc) is 3.12. The molecule has 7 nitrogen and oxygen atoms in total. The lowest BCUT2D eigenvalue weighted by molar-refractivity contribution is -0.145. The normalized spacial score (nSPS) is 36.4. The van der Waals surface area contributed by atoms with Gasteiger partial charge in [-0.05, 0) is 49.7 Å². The van der Waals surface area contributed by atoms with E-state index in [1.54, 1.807) is 0 Å². The molecule has 4 aliphatic heterocycles. The lowest BCUT2D eigenvalue weighted by atomic mass is 9.82. The van der Waals surface area contributed by atoms with Crippen molar-refractivity contribution in [1.82, 2.24) is 10.2 Å². The third-order valence-electron chi connectivity index (χ3n) is 7.51. The number of hydrogen-bond acceptors (Lipinski definition) is 5. The van der Waals surface area contributed by atoms with E-state index in [1.165, 1.54) is 5.56 Å². The van der Waals surface area contributed by atoms with Crippen LogP contribution in [0.3, 0.4) is 0 Å². The van der Waals surface area contributed by atoms with Crippen LogP contribution in [0.15, 0.2) is 24.3 Å². The summed E-state index contributed by atoms with van der Waals surface area (Å²) >= 11 is 0. The van der Waals surface area contributed by atoms with Gasteiger partial charge in [0.25, 0.3) is 0 Å². The third kappa shape index (κ3) is 3.94. The summed E-state index contributed by atoms with van der Waals surface area (Å²) in [5, 5.41) is 3.15. The number of rotatable bonds is 0. The summed E-state index contributed by atoms with van der Waals surface area (Å²) in [6, 6.07) is 8.02. The second-order valence-electron chi connectivity index (χ2n) is 9.55. The number of nitrogens with one attached hydrogen (secondary N) is 1. The summed E-state index contributed by atoms with van der Waals surface area (Å²) in [6.07, 6.45) is 4.98. The maximum absolute atomic E-state index is 13.4. The summed E-state index contributed by atoms with van der Waals surface area (Å²) in [4.78, 5) is 27.5. The summed E-state index contributed by atoms with van der Waals surface area (Å²) in [5.41, 5.74) is 0.685. The summed E-state index contributed by atoms with van der Waals surface area (Å²) < 4.78 is 18.2. The highest BCUT2D eigenvalue weighted by molar-refractivity contribution is 5.81. The predicted octanol–water partition coefficient (Wildman–Crippen LogP) is 2.24. The van der Waals surface area contributed by atoms with Gasteiger partial charge >= 0.3 is 0 Å². The fraction of sp³-hybridized carbons (Fsp3) is 0.667. The maximum Gasteiger partial charge on any atom is 0.246 e. The number of hydrogen-bond donors (Lipinski definition) is 1. The molecule has 1 saturated carbocycles. The van der Waals surface area contributed by atoms with Gasteiger partial charge in [0.05, 0.1) is 43.4 Å². The van der Waals surface area contributed by atoms with Crippen LogP contribution < -0.4 is 10.1 Å². The molecular weight excluding hydrogens is 396 g/mol. The molecule has 7 heteroatoms. The van der Waals surface area contributed by atoms with Crippen molar-refractivity contribution in [2.24, 2.45) is 5.92 Å². The Morgan fingerprint density at radius 3 is 2.71 bits per heavy atom. The van der Waals surface area contributed by atoms with Gasteiger partial charge in [0.15, 0.2) is 0 Å². The van der Waals surface area contributed by atoms with Crippen LogP contribution in [0.25, 0.3) is 0 Å². The molecule has 1 N–H and O–H groups in total. The van der Waals surface area contributed by atoms with Crippen LogP contribution in [0, 0.1) is 5.92 Å². The minimum atomic E-state index is -0.563. The Balaban J connectivity index is 1.43. The number of amides is 2. The van der Waals surface area contributed by atoms with E-state index in [1.807, 2.05) is 24.0 Å². The fourth-order valence-corrected chi connectivity index (χ4v) is 5.73. The lowest BCUT2D eigenvalue weighted by Gasteiger charge is -2.42. The first-order valence-electron chi connectivity index (χ1n) is 11.6. The van der Waals surface area contributed by atoms with Crippen LogP contribution in [0.5, 0.6) is 5.75 Å². The van der Waals surface area contributed by atoms with E-state index in [4.69, 9.17) is 14.2 Å². The zero-order chi connectivity index (χ0) is 21.4. The number of fused-ring (bicyclic) bond motifs is 6. The van der Waals surface area contributed by atoms with Crippen molar-refractivity contribution >= 4 is 11.8 Å². The number of ether oxygens (including phenoxy) is 3. The number of para-hydroxylation sites is 1. The van der Waals surface area contributed by atoms with Crippen LogP contribution in [-0.2, 0) is 19.1 Å². The van der Waals surface area contributed by atoms with Crippen molar-refractivity contribution < 1.29 is 23.8 Å². The lowest BCUT2D eigenvalue weighted by Crippen LogP contribution is -2.65. The highest BCUT2D eigenvalue weighted by Crippen LogP contribution is 2.40. The molecule has 1 aromatic rings. The maximum atomic E-state index is 13.4. The summed E-state index contributed by atoms with van der Waals surface area (Å²) in [6.45, 7) is 3.77. The van der Waals surface area contributed by atoms with Crippen molar-refractivity contribution in [3.8, 4) is 5.75 Å². The van der Waals surface area contributed by atoms with Gasteiger partial charge in [0.1, 0.15) is 12.4 Å². The average molecular weight is 429 g/mol. The molecule has 168 valence electrons. The molecule has 31 heavy (non-hydrogen) atoms. The molecule has 1 spiro atoms. The number of benzene rings is 1. The highest BCUT2D eigenvalue weighted by Gasteiger charge is 2.52. The van der Waals surface area contributed by atoms with Crippen molar-refractivity contribution in [3.63, 3.8) is 0 Å². The predicted molar refractivity (Wildman–Crippen MR) is 114 cm³/mol. The van der Waals surface area contributed by atoms with Gasteiger partial charge in [-0.2, -0.15) is 0 Å². The van der Waals surface area contributed by atoms with Gasteiger partial charge in [0.2, 0.25) is 11.8 Å². The Bertz CT molecular complexity index is 837. The SMILES string of the molecule is C[C@H]1COc2ccccc2[C@H]2CC[C@H](CC2)OC[C@H]2N(CC[C@]23COCC(=O)N3)C1=O. The molecule has 0 aromatic heterocycles. The molecule has 3 atom stereocenters. The van der Waals surface area contributed by atoms with Crippen molar-refractivity contribution in [2.75, 3.05) is 33.0 Å². The number of nitrogens with zero attached hydrogens (tertiary/aromatic N) is 1. The largest absolute Gasteiger partial charge is 0.492 e. The molecule has 5 aliphatic rings. The van der Waals surface area contributed by atoms with Crippen molar-refractivity contribution in [3.05, 3.63) is 29.8 Å². The van der Waals surface area contributed by atoms with E-state index in [9.17, 15) is 9.59 Å². The van der Waals surface area contributed by atoms with Crippen LogP contribution in [0.4, 0.5) is 0 Å².